The molecule has 5 nitrogen and oxygen atoms in total. The van der Waals surface area contributed by atoms with Crippen LogP contribution in [0, 0.1) is 5.92 Å². The van der Waals surface area contributed by atoms with Crippen LogP contribution in [0.2, 0.25) is 0 Å². The highest BCUT2D eigenvalue weighted by molar-refractivity contribution is 7.89. The minimum Gasteiger partial charge on any atom is -0.338 e. The smallest absolute Gasteiger partial charge is 0.243 e. The maximum absolute atomic E-state index is 12.8. The Bertz CT molecular complexity index is 935. The summed E-state index contributed by atoms with van der Waals surface area (Å²) in [5, 5.41) is 0. The molecule has 0 aliphatic carbocycles. The summed E-state index contributed by atoms with van der Waals surface area (Å²) in [5.41, 5.74) is 2.58. The number of benzene rings is 2. The molecule has 0 aromatic heterocycles. The van der Waals surface area contributed by atoms with Gasteiger partial charge in [-0.15, -0.1) is 0 Å². The Hall–Kier alpha value is -2.18. The Morgan fingerprint density at radius 1 is 0.893 bits per heavy atom. The third-order valence-corrected chi connectivity index (χ3v) is 7.81. The second-order valence-corrected chi connectivity index (χ2v) is 9.64. The lowest BCUT2D eigenvalue weighted by Crippen LogP contribution is -2.41. The molecule has 2 aromatic carbocycles. The molecular formula is C22H26N2O3S. The number of amides is 1. The van der Waals surface area contributed by atoms with Crippen LogP contribution in [0.15, 0.2) is 59.5 Å². The van der Waals surface area contributed by atoms with E-state index >= 15 is 0 Å². The fourth-order valence-electron chi connectivity index (χ4n) is 4.18. The van der Waals surface area contributed by atoms with Crippen LogP contribution in [0.25, 0.3) is 0 Å². The minimum absolute atomic E-state index is 0.193. The van der Waals surface area contributed by atoms with Gasteiger partial charge in [0.25, 0.3) is 0 Å². The van der Waals surface area contributed by atoms with Crippen molar-refractivity contribution in [3.05, 3.63) is 65.7 Å². The van der Waals surface area contributed by atoms with Gasteiger partial charge in [-0.05, 0) is 48.4 Å². The Kier molecular flexibility index (Phi) is 5.51. The first kappa shape index (κ1) is 19.2. The molecule has 0 spiro atoms. The summed E-state index contributed by atoms with van der Waals surface area (Å²) in [6, 6.07) is 16.9. The molecule has 0 bridgehead atoms. The molecule has 2 aromatic rings. The zero-order valence-electron chi connectivity index (χ0n) is 16.0. The summed E-state index contributed by atoms with van der Waals surface area (Å²) in [6.45, 7) is 2.43. The molecule has 1 fully saturated rings. The third kappa shape index (κ3) is 3.98. The Morgan fingerprint density at radius 2 is 1.54 bits per heavy atom. The first-order chi connectivity index (χ1) is 13.5. The number of fused-ring (bicyclic) bond motifs is 1. The van der Waals surface area contributed by atoms with E-state index in [4.69, 9.17) is 0 Å². The first-order valence-corrected chi connectivity index (χ1v) is 11.4. The molecule has 0 unspecified atom stereocenters. The fraction of sp³-hybridized carbons (Fsp3) is 0.409. The average molecular weight is 399 g/mol. The van der Waals surface area contributed by atoms with Crippen molar-refractivity contribution in [3.8, 4) is 0 Å². The van der Waals surface area contributed by atoms with Crippen molar-refractivity contribution in [2.75, 3.05) is 19.6 Å². The van der Waals surface area contributed by atoms with Crippen molar-refractivity contribution < 1.29 is 13.2 Å². The topological polar surface area (TPSA) is 57.7 Å². The Balaban J connectivity index is 1.32. The SMILES string of the molecule is O=C(CC1CCN(S(=O)(=O)c2ccccc2)CC1)N1CCc2ccccc2C1. The van der Waals surface area contributed by atoms with E-state index in [9.17, 15) is 13.2 Å². The van der Waals surface area contributed by atoms with Gasteiger partial charge in [0.05, 0.1) is 4.90 Å². The largest absolute Gasteiger partial charge is 0.338 e. The normalized spacial score (nSPS) is 18.6. The number of rotatable bonds is 4. The van der Waals surface area contributed by atoms with E-state index in [0.717, 1.165) is 25.8 Å². The zero-order valence-corrected chi connectivity index (χ0v) is 16.8. The average Bonchev–Trinajstić information content (AvgIpc) is 2.74. The number of hydrogen-bond donors (Lipinski definition) is 0. The number of carbonyl (C=O) groups is 1. The van der Waals surface area contributed by atoms with Crippen LogP contribution in [-0.4, -0.2) is 43.2 Å². The zero-order chi connectivity index (χ0) is 19.6. The van der Waals surface area contributed by atoms with Crippen LogP contribution < -0.4 is 0 Å². The highest BCUT2D eigenvalue weighted by Crippen LogP contribution is 2.27. The third-order valence-electron chi connectivity index (χ3n) is 5.90. The van der Waals surface area contributed by atoms with Crippen LogP contribution in [0.1, 0.15) is 30.4 Å². The number of sulfonamides is 1. The molecule has 1 saturated heterocycles. The monoisotopic (exact) mass is 398 g/mol. The van der Waals surface area contributed by atoms with Gasteiger partial charge in [-0.1, -0.05) is 42.5 Å². The summed E-state index contributed by atoms with van der Waals surface area (Å²) in [5.74, 6) is 0.450. The summed E-state index contributed by atoms with van der Waals surface area (Å²) in [7, 11) is -3.43. The Morgan fingerprint density at radius 3 is 2.25 bits per heavy atom. The molecule has 0 saturated carbocycles. The highest BCUT2D eigenvalue weighted by atomic mass is 32.2. The molecular weight excluding hydrogens is 372 g/mol. The molecule has 148 valence electrons. The van der Waals surface area contributed by atoms with Crippen LogP contribution in [0.3, 0.4) is 0 Å². The maximum atomic E-state index is 12.8. The van der Waals surface area contributed by atoms with Crippen LogP contribution in [-0.2, 0) is 27.8 Å². The fourth-order valence-corrected chi connectivity index (χ4v) is 5.67. The standard InChI is InChI=1S/C22H26N2O3S/c25-22(23-13-12-19-6-4-5-7-20(19)17-23)16-18-10-14-24(15-11-18)28(26,27)21-8-2-1-3-9-21/h1-9,18H,10-17H2. The van der Waals surface area contributed by atoms with Crippen molar-refractivity contribution >= 4 is 15.9 Å². The molecule has 0 atom stereocenters. The van der Waals surface area contributed by atoms with E-state index in [1.807, 2.05) is 23.1 Å². The molecule has 2 aliphatic heterocycles. The van der Waals surface area contributed by atoms with Gasteiger partial charge in [0.15, 0.2) is 0 Å². The van der Waals surface area contributed by atoms with Gasteiger partial charge in [-0.3, -0.25) is 4.79 Å². The van der Waals surface area contributed by atoms with Crippen molar-refractivity contribution in [1.82, 2.24) is 9.21 Å². The lowest BCUT2D eigenvalue weighted by molar-refractivity contribution is -0.133. The molecule has 2 aliphatic rings. The molecule has 0 radical (unpaired) electrons. The van der Waals surface area contributed by atoms with Crippen molar-refractivity contribution in [3.63, 3.8) is 0 Å². The van der Waals surface area contributed by atoms with Gasteiger partial charge in [0.2, 0.25) is 15.9 Å². The van der Waals surface area contributed by atoms with Crippen LogP contribution in [0.5, 0.6) is 0 Å². The second-order valence-electron chi connectivity index (χ2n) is 7.70. The van der Waals surface area contributed by atoms with E-state index in [1.165, 1.54) is 11.1 Å². The van der Waals surface area contributed by atoms with Crippen molar-refractivity contribution in [2.24, 2.45) is 5.92 Å². The van der Waals surface area contributed by atoms with E-state index in [0.29, 0.717) is 31.0 Å². The van der Waals surface area contributed by atoms with Gasteiger partial charge in [0.1, 0.15) is 0 Å². The predicted octanol–water partition coefficient (Wildman–Crippen LogP) is 3.06. The molecule has 4 rings (SSSR count). The summed E-state index contributed by atoms with van der Waals surface area (Å²) >= 11 is 0. The van der Waals surface area contributed by atoms with Crippen LogP contribution >= 0.6 is 0 Å². The second kappa shape index (κ2) is 8.05. The highest BCUT2D eigenvalue weighted by Gasteiger charge is 2.31. The van der Waals surface area contributed by atoms with Gasteiger partial charge < -0.3 is 4.90 Å². The minimum atomic E-state index is -3.43. The summed E-state index contributed by atoms with van der Waals surface area (Å²) in [4.78, 5) is 15.1. The Labute approximate surface area is 167 Å². The van der Waals surface area contributed by atoms with Crippen molar-refractivity contribution in [1.29, 1.82) is 0 Å². The molecule has 1 amide bonds. The van der Waals surface area contributed by atoms with E-state index < -0.39 is 10.0 Å². The molecule has 2 heterocycles. The molecule has 0 N–H and O–H groups in total. The van der Waals surface area contributed by atoms with Gasteiger partial charge >= 0.3 is 0 Å². The van der Waals surface area contributed by atoms with E-state index in [-0.39, 0.29) is 11.8 Å². The van der Waals surface area contributed by atoms with E-state index in [1.54, 1.807) is 28.6 Å². The lowest BCUT2D eigenvalue weighted by atomic mass is 9.93. The summed E-state index contributed by atoms with van der Waals surface area (Å²) in [6.07, 6.45) is 2.90. The molecule has 6 heteroatoms. The number of carbonyl (C=O) groups excluding carboxylic acids is 1. The van der Waals surface area contributed by atoms with Gasteiger partial charge in [0, 0.05) is 32.6 Å². The van der Waals surface area contributed by atoms with Gasteiger partial charge in [-0.25, -0.2) is 8.42 Å². The van der Waals surface area contributed by atoms with Gasteiger partial charge in [-0.2, -0.15) is 4.31 Å². The predicted molar refractivity (Wildman–Crippen MR) is 108 cm³/mol. The molecule has 28 heavy (non-hydrogen) atoms. The van der Waals surface area contributed by atoms with E-state index in [2.05, 4.69) is 12.1 Å². The van der Waals surface area contributed by atoms with Crippen molar-refractivity contribution in [2.45, 2.75) is 37.1 Å². The number of piperidine rings is 1. The summed E-state index contributed by atoms with van der Waals surface area (Å²) < 4.78 is 27.0. The number of nitrogens with zero attached hydrogens (tertiary/aromatic N) is 2. The van der Waals surface area contributed by atoms with Crippen LogP contribution in [0.4, 0.5) is 0 Å². The maximum Gasteiger partial charge on any atom is 0.243 e. The number of hydrogen-bond acceptors (Lipinski definition) is 3. The first-order valence-electron chi connectivity index (χ1n) is 9.94. The quantitative estimate of drug-likeness (QED) is 0.795. The lowest BCUT2D eigenvalue weighted by Gasteiger charge is -2.33.